The van der Waals surface area contributed by atoms with Gasteiger partial charge in [0.15, 0.2) is 0 Å². The maximum atomic E-state index is 14.5. The highest BCUT2D eigenvalue weighted by molar-refractivity contribution is 7.11. The summed E-state index contributed by atoms with van der Waals surface area (Å²) in [6, 6.07) is 5.06. The van der Waals surface area contributed by atoms with Crippen LogP contribution in [0.25, 0.3) is 0 Å². The minimum absolute atomic E-state index is 0.0169. The minimum Gasteiger partial charge on any atom is -0.368 e. The number of anilines is 1. The summed E-state index contributed by atoms with van der Waals surface area (Å²) >= 11 is 1.57. The van der Waals surface area contributed by atoms with E-state index < -0.39 is 17.7 Å². The quantitative estimate of drug-likeness (QED) is 0.736. The summed E-state index contributed by atoms with van der Waals surface area (Å²) in [5.74, 6) is -4.01. The average Bonchev–Trinajstić information content (AvgIpc) is 3.05. The molecule has 0 amide bonds. The van der Waals surface area contributed by atoms with Gasteiger partial charge in [0.2, 0.25) is 0 Å². The summed E-state index contributed by atoms with van der Waals surface area (Å²) in [7, 11) is 0. The van der Waals surface area contributed by atoms with Crippen LogP contribution in [0.15, 0.2) is 12.1 Å². The average molecular weight is 421 g/mol. The number of halogens is 3. The molecular weight excluding hydrogens is 399 g/mol. The molecule has 1 aliphatic carbocycles. The van der Waals surface area contributed by atoms with E-state index in [1.54, 1.807) is 17.4 Å². The van der Waals surface area contributed by atoms with Crippen molar-refractivity contribution in [2.45, 2.75) is 45.2 Å². The number of nitriles is 1. The fraction of sp³-hybridized carbons (Fsp3) is 0.550. The fourth-order valence-corrected chi connectivity index (χ4v) is 4.66. The summed E-state index contributed by atoms with van der Waals surface area (Å²) in [4.78, 5) is 4.27. The highest BCUT2D eigenvalue weighted by Crippen LogP contribution is 2.50. The number of aromatic nitrogens is 2. The van der Waals surface area contributed by atoms with Crippen molar-refractivity contribution in [1.29, 1.82) is 5.26 Å². The second-order valence-electron chi connectivity index (χ2n) is 7.93. The number of aryl methyl sites for hydroxylation is 1. The molecule has 0 spiro atoms. The number of hydrogen-bond acceptors (Lipinski definition) is 6. The first-order valence-electron chi connectivity index (χ1n) is 9.65. The summed E-state index contributed by atoms with van der Waals surface area (Å²) in [6.07, 6.45) is -0.0146. The van der Waals surface area contributed by atoms with Crippen LogP contribution in [0.1, 0.15) is 34.5 Å². The third-order valence-corrected chi connectivity index (χ3v) is 6.51. The monoisotopic (exact) mass is 421 g/mol. The zero-order valence-corrected chi connectivity index (χ0v) is 17.1. The Bertz CT molecular complexity index is 954. The van der Waals surface area contributed by atoms with Crippen molar-refractivity contribution < 1.29 is 13.2 Å². The Morgan fingerprint density at radius 1 is 1.31 bits per heavy atom. The molecule has 2 atom stereocenters. The third kappa shape index (κ3) is 4.23. The first kappa shape index (κ1) is 20.1. The largest absolute Gasteiger partial charge is 0.368 e. The molecule has 29 heavy (non-hydrogen) atoms. The molecular formula is C20H22F3N5S. The molecule has 9 heteroatoms. The molecule has 5 nitrogen and oxygen atoms in total. The van der Waals surface area contributed by atoms with Gasteiger partial charge in [-0.05, 0) is 38.0 Å². The lowest BCUT2D eigenvalue weighted by Gasteiger charge is -2.41. The molecule has 2 aromatic rings. The van der Waals surface area contributed by atoms with Gasteiger partial charge in [0.25, 0.3) is 5.92 Å². The van der Waals surface area contributed by atoms with Crippen molar-refractivity contribution in [2.24, 2.45) is 5.92 Å². The zero-order chi connectivity index (χ0) is 20.8. The summed E-state index contributed by atoms with van der Waals surface area (Å²) in [6.45, 7) is 6.68. The van der Waals surface area contributed by atoms with Crippen molar-refractivity contribution in [3.8, 4) is 6.07 Å². The predicted molar refractivity (Wildman–Crippen MR) is 105 cm³/mol. The smallest absolute Gasteiger partial charge is 0.251 e. The van der Waals surface area contributed by atoms with Crippen LogP contribution in [-0.4, -0.2) is 46.7 Å². The SMILES string of the molecule is Cc1nnc(CN2CCN(c3cc(CC4CC4(F)F)cc(F)c3C#N)C[C@@H]2C)s1. The van der Waals surface area contributed by atoms with E-state index in [4.69, 9.17) is 0 Å². The van der Waals surface area contributed by atoms with Crippen molar-refractivity contribution in [3.05, 3.63) is 39.1 Å². The number of alkyl halides is 2. The highest BCUT2D eigenvalue weighted by atomic mass is 32.1. The molecule has 1 aliphatic heterocycles. The van der Waals surface area contributed by atoms with Crippen molar-refractivity contribution in [1.82, 2.24) is 15.1 Å². The van der Waals surface area contributed by atoms with E-state index >= 15 is 0 Å². The summed E-state index contributed by atoms with van der Waals surface area (Å²) < 4.78 is 41.1. The van der Waals surface area contributed by atoms with Gasteiger partial charge in [-0.3, -0.25) is 4.90 Å². The Balaban J connectivity index is 1.50. The third-order valence-electron chi connectivity index (χ3n) is 5.69. The molecule has 154 valence electrons. The zero-order valence-electron chi connectivity index (χ0n) is 16.3. The van der Waals surface area contributed by atoms with Crippen molar-refractivity contribution in [2.75, 3.05) is 24.5 Å². The maximum Gasteiger partial charge on any atom is 0.251 e. The van der Waals surface area contributed by atoms with Crippen LogP contribution in [0.3, 0.4) is 0 Å². The lowest BCUT2D eigenvalue weighted by atomic mass is 10.0. The predicted octanol–water partition coefficient (Wildman–Crippen LogP) is 3.77. The van der Waals surface area contributed by atoms with Gasteiger partial charge in [0.05, 0.1) is 12.2 Å². The molecule has 1 aromatic heterocycles. The van der Waals surface area contributed by atoms with Gasteiger partial charge in [-0.25, -0.2) is 13.2 Å². The minimum atomic E-state index is -2.65. The van der Waals surface area contributed by atoms with Crippen LogP contribution in [0.4, 0.5) is 18.9 Å². The Morgan fingerprint density at radius 3 is 2.66 bits per heavy atom. The number of rotatable bonds is 5. The number of nitrogens with zero attached hydrogens (tertiary/aromatic N) is 5. The van der Waals surface area contributed by atoms with Crippen LogP contribution in [-0.2, 0) is 13.0 Å². The van der Waals surface area contributed by atoms with Crippen LogP contribution in [0.2, 0.25) is 0 Å². The van der Waals surface area contributed by atoms with Gasteiger partial charge in [-0.2, -0.15) is 5.26 Å². The van der Waals surface area contributed by atoms with Crippen molar-refractivity contribution >= 4 is 17.0 Å². The fourth-order valence-electron chi connectivity index (χ4n) is 3.92. The normalized spacial score (nSPS) is 23.8. The summed E-state index contributed by atoms with van der Waals surface area (Å²) in [5, 5.41) is 19.6. The first-order valence-corrected chi connectivity index (χ1v) is 10.5. The standard InChI is InChI=1S/C20H22F3N5S/c1-12-10-28(4-3-27(12)11-19-26-25-13(2)29-19)18-7-14(5-15-8-20(15,22)23)6-17(21)16(18)9-24/h6-7,12,15H,3-5,8,10-11H2,1-2H3/t12-,15?/m0/s1. The molecule has 0 N–H and O–H groups in total. The first-order chi connectivity index (χ1) is 13.8. The van der Waals surface area contributed by atoms with Crippen LogP contribution in [0, 0.1) is 30.0 Å². The van der Waals surface area contributed by atoms with E-state index in [0.29, 0.717) is 30.9 Å². The van der Waals surface area contributed by atoms with Crippen LogP contribution < -0.4 is 4.90 Å². The van der Waals surface area contributed by atoms with E-state index in [9.17, 15) is 18.4 Å². The van der Waals surface area contributed by atoms with Gasteiger partial charge in [0.1, 0.15) is 27.5 Å². The number of piperazine rings is 1. The maximum absolute atomic E-state index is 14.5. The lowest BCUT2D eigenvalue weighted by molar-refractivity contribution is 0.0989. The van der Waals surface area contributed by atoms with Gasteiger partial charge in [-0.1, -0.05) is 0 Å². The molecule has 1 aromatic carbocycles. The van der Waals surface area contributed by atoms with E-state index in [1.165, 1.54) is 6.07 Å². The Hall–Kier alpha value is -2.18. The second-order valence-corrected chi connectivity index (χ2v) is 9.20. The van der Waals surface area contributed by atoms with Gasteiger partial charge >= 0.3 is 0 Å². The molecule has 2 aliphatic rings. The Morgan fingerprint density at radius 2 is 2.07 bits per heavy atom. The topological polar surface area (TPSA) is 56.1 Å². The molecule has 0 bridgehead atoms. The summed E-state index contributed by atoms with van der Waals surface area (Å²) in [5.41, 5.74) is 1.01. The van der Waals surface area contributed by atoms with Gasteiger partial charge in [-0.15, -0.1) is 21.5 Å². The molecule has 2 fully saturated rings. The molecule has 2 heterocycles. The molecule has 1 saturated carbocycles. The molecule has 0 radical (unpaired) electrons. The Kier molecular flexibility index (Phi) is 5.25. The number of hydrogen-bond donors (Lipinski definition) is 0. The van der Waals surface area contributed by atoms with Gasteiger partial charge < -0.3 is 4.90 Å². The van der Waals surface area contributed by atoms with Gasteiger partial charge in [0, 0.05) is 38.0 Å². The molecule has 4 rings (SSSR count). The molecule has 1 saturated heterocycles. The molecule has 1 unspecified atom stereocenters. The lowest BCUT2D eigenvalue weighted by Crippen LogP contribution is -2.51. The highest BCUT2D eigenvalue weighted by Gasteiger charge is 2.56. The van der Waals surface area contributed by atoms with Crippen molar-refractivity contribution in [3.63, 3.8) is 0 Å². The van der Waals surface area contributed by atoms with E-state index in [-0.39, 0.29) is 24.4 Å². The number of benzene rings is 1. The second kappa shape index (κ2) is 7.58. The van der Waals surface area contributed by atoms with Crippen LogP contribution >= 0.6 is 11.3 Å². The van der Waals surface area contributed by atoms with E-state index in [0.717, 1.165) is 16.6 Å². The van der Waals surface area contributed by atoms with Crippen LogP contribution in [0.5, 0.6) is 0 Å². The Labute approximate surface area is 171 Å². The van der Waals surface area contributed by atoms with E-state index in [2.05, 4.69) is 22.0 Å². The van der Waals surface area contributed by atoms with E-state index in [1.807, 2.05) is 17.9 Å².